The van der Waals surface area contributed by atoms with Crippen LogP contribution in [-0.2, 0) is 4.79 Å². The summed E-state index contributed by atoms with van der Waals surface area (Å²) in [5.41, 5.74) is 3.02. The quantitative estimate of drug-likeness (QED) is 0.436. The summed E-state index contributed by atoms with van der Waals surface area (Å²) < 4.78 is 0. The molecule has 2 aromatic carbocycles. The molecule has 0 aromatic heterocycles. The fraction of sp³-hybridized carbons (Fsp3) is 0.227. The Morgan fingerprint density at radius 1 is 0.870 bits per heavy atom. The summed E-state index contributed by atoms with van der Waals surface area (Å²) in [4.78, 5) is 12.6. The number of hydrogen-bond donors (Lipinski definition) is 0. The van der Waals surface area contributed by atoms with Gasteiger partial charge in [-0.1, -0.05) is 86.5 Å². The number of unbranched alkanes of at least 4 members (excludes halogenated alkanes) is 2. The summed E-state index contributed by atoms with van der Waals surface area (Å²) in [6.45, 7) is 2.18. The number of carbonyl (C=O) groups excluding carboxylic acids is 1. The van der Waals surface area contributed by atoms with Crippen molar-refractivity contribution in [3.05, 3.63) is 83.4 Å². The number of allylic oxidation sites excluding steroid dienone is 2. The normalized spacial score (nSPS) is 11.8. The molecular weight excluding hydrogens is 280 g/mol. The molecule has 23 heavy (non-hydrogen) atoms. The molecule has 0 fully saturated rings. The van der Waals surface area contributed by atoms with Gasteiger partial charge in [-0.05, 0) is 36.1 Å². The molecule has 0 bridgehead atoms. The van der Waals surface area contributed by atoms with E-state index in [1.54, 1.807) is 6.08 Å². The Morgan fingerprint density at radius 2 is 1.48 bits per heavy atom. The number of hydrogen-bond acceptors (Lipinski definition) is 1. The summed E-state index contributed by atoms with van der Waals surface area (Å²) in [6.07, 6.45) is 9.81. The van der Waals surface area contributed by atoms with Gasteiger partial charge in [-0.3, -0.25) is 4.79 Å². The largest absolute Gasteiger partial charge is 0.290 e. The summed E-state index contributed by atoms with van der Waals surface area (Å²) in [6, 6.07) is 20.0. The van der Waals surface area contributed by atoms with E-state index in [9.17, 15) is 4.79 Å². The highest BCUT2D eigenvalue weighted by atomic mass is 16.1. The van der Waals surface area contributed by atoms with Crippen molar-refractivity contribution in [2.75, 3.05) is 0 Å². The van der Waals surface area contributed by atoms with E-state index in [0.29, 0.717) is 0 Å². The lowest BCUT2D eigenvalue weighted by atomic mass is 10.00. The first kappa shape index (κ1) is 17.0. The first-order valence-corrected chi connectivity index (χ1v) is 8.32. The Hall–Kier alpha value is -2.41. The van der Waals surface area contributed by atoms with Crippen LogP contribution in [0.15, 0.2) is 72.3 Å². The zero-order chi connectivity index (χ0) is 16.3. The smallest absolute Gasteiger partial charge is 0.181 e. The van der Waals surface area contributed by atoms with E-state index in [2.05, 4.69) is 6.92 Å². The van der Waals surface area contributed by atoms with Gasteiger partial charge < -0.3 is 0 Å². The fourth-order valence-corrected chi connectivity index (χ4v) is 2.43. The van der Waals surface area contributed by atoms with Crippen LogP contribution in [0.4, 0.5) is 0 Å². The molecule has 0 radical (unpaired) electrons. The molecular formula is C22H24O. The predicted molar refractivity (Wildman–Crippen MR) is 99.0 cm³/mol. The minimum absolute atomic E-state index is 0.105. The molecule has 0 N–H and O–H groups in total. The first-order valence-electron chi connectivity index (χ1n) is 8.32. The molecule has 0 amide bonds. The Morgan fingerprint density at radius 3 is 2.09 bits per heavy atom. The van der Waals surface area contributed by atoms with Crippen molar-refractivity contribution in [1.29, 1.82) is 0 Å². The van der Waals surface area contributed by atoms with Gasteiger partial charge in [-0.15, -0.1) is 0 Å². The van der Waals surface area contributed by atoms with Crippen molar-refractivity contribution in [1.82, 2.24) is 0 Å². The van der Waals surface area contributed by atoms with Crippen LogP contribution < -0.4 is 0 Å². The minimum Gasteiger partial charge on any atom is -0.290 e. The van der Waals surface area contributed by atoms with E-state index in [1.165, 1.54) is 0 Å². The molecule has 0 saturated heterocycles. The zero-order valence-electron chi connectivity index (χ0n) is 13.7. The molecule has 0 aliphatic heterocycles. The standard InChI is InChI=1S/C22H24O/c1-2-3-6-15-21(18-20-13-9-5-10-14-20)22(23)17-16-19-11-7-4-8-12-19/h4-5,7-14,16-18H,2-3,6,15H2,1H3/b17-16+,21-18+. The molecule has 0 saturated carbocycles. The van der Waals surface area contributed by atoms with Crippen LogP contribution in [0, 0.1) is 0 Å². The van der Waals surface area contributed by atoms with Crippen LogP contribution in [-0.4, -0.2) is 5.78 Å². The van der Waals surface area contributed by atoms with Gasteiger partial charge in [0.15, 0.2) is 5.78 Å². The lowest BCUT2D eigenvalue weighted by Crippen LogP contribution is -1.99. The van der Waals surface area contributed by atoms with Crippen LogP contribution in [0.2, 0.25) is 0 Å². The molecule has 0 aliphatic rings. The Kier molecular flexibility index (Phi) is 7.06. The molecule has 0 atom stereocenters. The molecule has 118 valence electrons. The average molecular weight is 304 g/mol. The Labute approximate surface area is 139 Å². The summed E-state index contributed by atoms with van der Waals surface area (Å²) in [7, 11) is 0. The third-order valence-corrected chi connectivity index (χ3v) is 3.73. The Balaban J connectivity index is 2.14. The van der Waals surface area contributed by atoms with Gasteiger partial charge in [0, 0.05) is 5.57 Å². The van der Waals surface area contributed by atoms with Crippen LogP contribution in [0.3, 0.4) is 0 Å². The Bertz CT molecular complexity index is 651. The SMILES string of the molecule is CCCCC/C(=C\c1ccccc1)C(=O)/C=C/c1ccccc1. The lowest BCUT2D eigenvalue weighted by Gasteiger charge is -2.04. The topological polar surface area (TPSA) is 17.1 Å². The highest BCUT2D eigenvalue weighted by Crippen LogP contribution is 2.16. The van der Waals surface area contributed by atoms with Crippen molar-refractivity contribution in [3.8, 4) is 0 Å². The van der Waals surface area contributed by atoms with Crippen molar-refractivity contribution in [2.24, 2.45) is 0 Å². The maximum absolute atomic E-state index is 12.6. The second-order valence-corrected chi connectivity index (χ2v) is 5.65. The van der Waals surface area contributed by atoms with Gasteiger partial charge >= 0.3 is 0 Å². The summed E-state index contributed by atoms with van der Waals surface area (Å²) in [5.74, 6) is 0.105. The third-order valence-electron chi connectivity index (χ3n) is 3.73. The minimum atomic E-state index is 0.105. The highest BCUT2D eigenvalue weighted by Gasteiger charge is 2.06. The van der Waals surface area contributed by atoms with E-state index in [1.807, 2.05) is 72.8 Å². The van der Waals surface area contributed by atoms with E-state index in [4.69, 9.17) is 0 Å². The molecule has 1 heteroatoms. The van der Waals surface area contributed by atoms with Crippen LogP contribution in [0.5, 0.6) is 0 Å². The zero-order valence-corrected chi connectivity index (χ0v) is 13.7. The number of benzene rings is 2. The number of carbonyl (C=O) groups is 1. The first-order chi connectivity index (χ1) is 11.3. The van der Waals surface area contributed by atoms with E-state index in [-0.39, 0.29) is 5.78 Å². The lowest BCUT2D eigenvalue weighted by molar-refractivity contribution is -0.111. The van der Waals surface area contributed by atoms with Gasteiger partial charge in [0.25, 0.3) is 0 Å². The third kappa shape index (κ3) is 6.07. The maximum atomic E-state index is 12.6. The van der Waals surface area contributed by atoms with Crippen molar-refractivity contribution >= 4 is 17.9 Å². The fourth-order valence-electron chi connectivity index (χ4n) is 2.43. The van der Waals surface area contributed by atoms with Crippen LogP contribution in [0.1, 0.15) is 43.7 Å². The van der Waals surface area contributed by atoms with Gasteiger partial charge in [-0.2, -0.15) is 0 Å². The second-order valence-electron chi connectivity index (χ2n) is 5.65. The number of rotatable bonds is 8. The van der Waals surface area contributed by atoms with E-state index < -0.39 is 0 Å². The molecule has 2 rings (SSSR count). The van der Waals surface area contributed by atoms with Gasteiger partial charge in [-0.25, -0.2) is 0 Å². The van der Waals surface area contributed by atoms with Crippen molar-refractivity contribution < 1.29 is 4.79 Å². The van der Waals surface area contributed by atoms with Crippen LogP contribution in [0.25, 0.3) is 12.2 Å². The van der Waals surface area contributed by atoms with Gasteiger partial charge in [0.1, 0.15) is 0 Å². The predicted octanol–water partition coefficient (Wildman–Crippen LogP) is 5.93. The van der Waals surface area contributed by atoms with Crippen molar-refractivity contribution in [3.63, 3.8) is 0 Å². The van der Waals surface area contributed by atoms with Crippen LogP contribution >= 0.6 is 0 Å². The van der Waals surface area contributed by atoms with Crippen molar-refractivity contribution in [2.45, 2.75) is 32.6 Å². The maximum Gasteiger partial charge on any atom is 0.181 e. The summed E-state index contributed by atoms with van der Waals surface area (Å²) >= 11 is 0. The van der Waals surface area contributed by atoms with E-state index in [0.717, 1.165) is 42.4 Å². The number of ketones is 1. The molecule has 0 heterocycles. The van der Waals surface area contributed by atoms with Gasteiger partial charge in [0.05, 0.1) is 0 Å². The monoisotopic (exact) mass is 304 g/mol. The summed E-state index contributed by atoms with van der Waals surface area (Å²) in [5, 5.41) is 0. The van der Waals surface area contributed by atoms with E-state index >= 15 is 0 Å². The molecule has 0 aliphatic carbocycles. The highest BCUT2D eigenvalue weighted by molar-refractivity contribution is 6.09. The van der Waals surface area contributed by atoms with Gasteiger partial charge in [0.2, 0.25) is 0 Å². The molecule has 1 nitrogen and oxygen atoms in total. The molecule has 0 unspecified atom stereocenters. The molecule has 2 aromatic rings. The molecule has 0 spiro atoms. The average Bonchev–Trinajstić information content (AvgIpc) is 2.61. The second kappa shape index (κ2) is 9.58.